The average Bonchev–Trinajstić information content (AvgIpc) is 3.25. The number of aromatic nitrogens is 5. The fourth-order valence-electron chi connectivity index (χ4n) is 2.56. The smallest absolute Gasteiger partial charge is 0.272 e. The zero-order valence-electron chi connectivity index (χ0n) is 13.5. The van der Waals surface area contributed by atoms with Crippen LogP contribution >= 0.6 is 0 Å². The van der Waals surface area contributed by atoms with E-state index in [2.05, 4.69) is 15.3 Å². The van der Waals surface area contributed by atoms with E-state index in [1.165, 1.54) is 0 Å². The number of aryl methyl sites for hydroxylation is 2. The Morgan fingerprint density at radius 3 is 2.83 bits per heavy atom. The third-order valence-corrected chi connectivity index (χ3v) is 3.82. The Morgan fingerprint density at radius 2 is 2.22 bits per heavy atom. The summed E-state index contributed by atoms with van der Waals surface area (Å²) in [6.45, 7) is 3.11. The topological polar surface area (TPSA) is 71.7 Å². The summed E-state index contributed by atoms with van der Waals surface area (Å²) in [5.41, 5.74) is 3.23. The molecule has 0 aliphatic carbocycles. The molecular formula is C16H20N6O. The molecule has 0 saturated carbocycles. The number of hydrogen-bond donors (Lipinski definition) is 1. The molecule has 0 aromatic carbocycles. The van der Waals surface area contributed by atoms with Crippen molar-refractivity contribution in [3.63, 3.8) is 0 Å². The van der Waals surface area contributed by atoms with Gasteiger partial charge in [0, 0.05) is 45.1 Å². The average molecular weight is 312 g/mol. The van der Waals surface area contributed by atoms with Crippen LogP contribution in [0, 0.1) is 0 Å². The number of nitrogens with zero attached hydrogens (tertiary/aromatic N) is 5. The van der Waals surface area contributed by atoms with Crippen LogP contribution in [0.5, 0.6) is 0 Å². The standard InChI is InChI=1S/C16H20N6O/c1-4-22(11-12-9-17-21(3)10-12)16(23)14-8-13(18-19-14)15-6-5-7-20(15)2/h5-10H,4,11H2,1-3H3,(H,18,19). The number of nitrogens with one attached hydrogen (secondary N) is 1. The van der Waals surface area contributed by atoms with Crippen molar-refractivity contribution in [2.24, 2.45) is 14.1 Å². The molecule has 3 heterocycles. The van der Waals surface area contributed by atoms with Gasteiger partial charge in [-0.1, -0.05) is 0 Å². The highest BCUT2D eigenvalue weighted by Crippen LogP contribution is 2.18. The molecule has 0 aliphatic heterocycles. The maximum absolute atomic E-state index is 12.7. The molecule has 0 unspecified atom stereocenters. The van der Waals surface area contributed by atoms with Crippen molar-refractivity contribution in [3.8, 4) is 11.4 Å². The SMILES string of the molecule is CCN(Cc1cnn(C)c1)C(=O)c1cc(-c2cccn2C)n[nH]1. The first kappa shape index (κ1) is 15.1. The molecule has 0 aliphatic rings. The quantitative estimate of drug-likeness (QED) is 0.781. The Morgan fingerprint density at radius 1 is 1.39 bits per heavy atom. The van der Waals surface area contributed by atoms with Crippen LogP contribution in [0.2, 0.25) is 0 Å². The lowest BCUT2D eigenvalue weighted by Crippen LogP contribution is -2.30. The minimum atomic E-state index is -0.0655. The second kappa shape index (κ2) is 6.12. The van der Waals surface area contributed by atoms with Crippen LogP contribution in [0.1, 0.15) is 23.0 Å². The molecule has 0 bridgehead atoms. The van der Waals surface area contributed by atoms with Crippen molar-refractivity contribution in [2.45, 2.75) is 13.5 Å². The number of carbonyl (C=O) groups is 1. The fourth-order valence-corrected chi connectivity index (χ4v) is 2.56. The summed E-state index contributed by atoms with van der Waals surface area (Å²) in [7, 11) is 3.81. The molecule has 0 fully saturated rings. The highest BCUT2D eigenvalue weighted by Gasteiger charge is 2.18. The molecule has 1 N–H and O–H groups in total. The third kappa shape index (κ3) is 3.03. The van der Waals surface area contributed by atoms with E-state index in [-0.39, 0.29) is 5.91 Å². The molecule has 0 radical (unpaired) electrons. The summed E-state index contributed by atoms with van der Waals surface area (Å²) in [5, 5.41) is 11.2. The molecule has 120 valence electrons. The van der Waals surface area contributed by atoms with Crippen LogP contribution in [0.15, 0.2) is 36.8 Å². The Kier molecular flexibility index (Phi) is 4.01. The molecule has 3 aromatic rings. The van der Waals surface area contributed by atoms with Crippen LogP contribution < -0.4 is 0 Å². The Bertz CT molecular complexity index is 812. The van der Waals surface area contributed by atoms with Gasteiger partial charge in [0.1, 0.15) is 11.4 Å². The van der Waals surface area contributed by atoms with Crippen LogP contribution in [-0.2, 0) is 20.6 Å². The normalized spacial score (nSPS) is 10.9. The molecule has 3 rings (SSSR count). The van der Waals surface area contributed by atoms with E-state index in [9.17, 15) is 4.79 Å². The van der Waals surface area contributed by atoms with Gasteiger partial charge in [-0.25, -0.2) is 0 Å². The first-order valence-electron chi connectivity index (χ1n) is 7.52. The van der Waals surface area contributed by atoms with E-state index in [0.29, 0.717) is 18.8 Å². The van der Waals surface area contributed by atoms with E-state index in [1.54, 1.807) is 21.8 Å². The maximum Gasteiger partial charge on any atom is 0.272 e. The van der Waals surface area contributed by atoms with Crippen LogP contribution in [0.25, 0.3) is 11.4 Å². The number of amides is 1. The van der Waals surface area contributed by atoms with Gasteiger partial charge in [0.25, 0.3) is 5.91 Å². The number of H-pyrrole nitrogens is 1. The molecular weight excluding hydrogens is 292 g/mol. The summed E-state index contributed by atoms with van der Waals surface area (Å²) in [4.78, 5) is 14.4. The summed E-state index contributed by atoms with van der Waals surface area (Å²) in [6.07, 6.45) is 5.64. The zero-order chi connectivity index (χ0) is 16.4. The Labute approximate surface area is 134 Å². The molecule has 0 atom stereocenters. The summed E-state index contributed by atoms with van der Waals surface area (Å²) in [5.74, 6) is -0.0655. The molecule has 23 heavy (non-hydrogen) atoms. The van der Waals surface area contributed by atoms with E-state index in [0.717, 1.165) is 17.0 Å². The maximum atomic E-state index is 12.7. The highest BCUT2D eigenvalue weighted by atomic mass is 16.2. The largest absolute Gasteiger partial charge is 0.349 e. The van der Waals surface area contributed by atoms with Gasteiger partial charge in [0.2, 0.25) is 0 Å². The lowest BCUT2D eigenvalue weighted by atomic mass is 10.2. The first-order chi connectivity index (χ1) is 11.1. The molecule has 0 saturated heterocycles. The van der Waals surface area contributed by atoms with Crippen LogP contribution in [0.3, 0.4) is 0 Å². The van der Waals surface area contributed by atoms with Gasteiger partial charge in [-0.05, 0) is 25.1 Å². The number of rotatable bonds is 5. The van der Waals surface area contributed by atoms with Crippen LogP contribution in [-0.4, -0.2) is 41.9 Å². The molecule has 7 nitrogen and oxygen atoms in total. The summed E-state index contributed by atoms with van der Waals surface area (Å²) >= 11 is 0. The highest BCUT2D eigenvalue weighted by molar-refractivity contribution is 5.93. The van der Waals surface area contributed by atoms with Crippen molar-refractivity contribution >= 4 is 5.91 Å². The first-order valence-corrected chi connectivity index (χ1v) is 7.52. The summed E-state index contributed by atoms with van der Waals surface area (Å²) in [6, 6.07) is 5.72. The van der Waals surface area contributed by atoms with E-state index in [1.807, 2.05) is 50.1 Å². The molecule has 1 amide bonds. The molecule has 0 spiro atoms. The van der Waals surface area contributed by atoms with Gasteiger partial charge in [-0.2, -0.15) is 10.2 Å². The minimum Gasteiger partial charge on any atom is -0.349 e. The molecule has 7 heteroatoms. The van der Waals surface area contributed by atoms with E-state index >= 15 is 0 Å². The lowest BCUT2D eigenvalue weighted by molar-refractivity contribution is 0.0746. The predicted molar refractivity (Wildman–Crippen MR) is 86.6 cm³/mol. The van der Waals surface area contributed by atoms with Gasteiger partial charge < -0.3 is 9.47 Å². The lowest BCUT2D eigenvalue weighted by Gasteiger charge is -2.19. The van der Waals surface area contributed by atoms with Crippen molar-refractivity contribution < 1.29 is 4.79 Å². The van der Waals surface area contributed by atoms with Crippen molar-refractivity contribution in [2.75, 3.05) is 6.54 Å². The monoisotopic (exact) mass is 312 g/mol. The van der Waals surface area contributed by atoms with Gasteiger partial charge in [-0.3, -0.25) is 14.6 Å². The molecule has 3 aromatic heterocycles. The number of aromatic amines is 1. The van der Waals surface area contributed by atoms with Gasteiger partial charge in [0.05, 0.1) is 11.9 Å². The predicted octanol–water partition coefficient (Wildman–Crippen LogP) is 1.81. The van der Waals surface area contributed by atoms with E-state index < -0.39 is 0 Å². The Balaban J connectivity index is 1.78. The van der Waals surface area contributed by atoms with E-state index in [4.69, 9.17) is 0 Å². The number of hydrogen-bond acceptors (Lipinski definition) is 3. The van der Waals surface area contributed by atoms with Crippen molar-refractivity contribution in [1.82, 2.24) is 29.4 Å². The van der Waals surface area contributed by atoms with Crippen molar-refractivity contribution in [1.29, 1.82) is 0 Å². The number of carbonyl (C=O) groups excluding carboxylic acids is 1. The van der Waals surface area contributed by atoms with Gasteiger partial charge in [0.15, 0.2) is 0 Å². The summed E-state index contributed by atoms with van der Waals surface area (Å²) < 4.78 is 3.70. The second-order valence-electron chi connectivity index (χ2n) is 5.51. The Hall–Kier alpha value is -2.83. The van der Waals surface area contributed by atoms with Crippen LogP contribution in [0.4, 0.5) is 0 Å². The zero-order valence-corrected chi connectivity index (χ0v) is 13.5. The third-order valence-electron chi connectivity index (χ3n) is 3.82. The van der Waals surface area contributed by atoms with Crippen molar-refractivity contribution in [3.05, 3.63) is 48.0 Å². The second-order valence-corrected chi connectivity index (χ2v) is 5.51. The minimum absolute atomic E-state index is 0.0655. The van der Waals surface area contributed by atoms with Gasteiger partial charge >= 0.3 is 0 Å². The fraction of sp³-hybridized carbons (Fsp3) is 0.312. The van der Waals surface area contributed by atoms with Gasteiger partial charge in [-0.15, -0.1) is 0 Å².